The molecule has 0 radical (unpaired) electrons. The van der Waals surface area contributed by atoms with Gasteiger partial charge in [0.15, 0.2) is 5.78 Å². The van der Waals surface area contributed by atoms with Gasteiger partial charge in [-0.05, 0) is 31.4 Å². The number of ketones is 1. The molecule has 0 bridgehead atoms. The maximum atomic E-state index is 11.7. The Morgan fingerprint density at radius 3 is 2.62 bits per heavy atom. The van der Waals surface area contributed by atoms with E-state index in [0.717, 1.165) is 18.4 Å². The van der Waals surface area contributed by atoms with Gasteiger partial charge in [0.05, 0.1) is 0 Å². The van der Waals surface area contributed by atoms with Crippen LogP contribution in [0.5, 0.6) is 0 Å². The van der Waals surface area contributed by atoms with E-state index in [2.05, 4.69) is 4.98 Å². The Bertz CT molecular complexity index is 451. The van der Waals surface area contributed by atoms with Crippen LogP contribution in [0.15, 0.2) is 6.07 Å². The van der Waals surface area contributed by atoms with Crippen LogP contribution >= 0.6 is 34.8 Å². The number of carbonyl (C=O) groups excluding carboxylic acids is 1. The van der Waals surface area contributed by atoms with E-state index in [1.807, 2.05) is 0 Å². The van der Waals surface area contributed by atoms with Crippen molar-refractivity contribution in [1.82, 2.24) is 4.98 Å². The minimum absolute atomic E-state index is 0.0421. The first-order chi connectivity index (χ1) is 7.39. The summed E-state index contributed by atoms with van der Waals surface area (Å²) in [4.78, 5) is 16.0. The van der Waals surface area contributed by atoms with Crippen molar-refractivity contribution in [1.29, 1.82) is 0 Å². The number of aryl methyl sites for hydroxylation is 1. The first-order valence-corrected chi connectivity index (χ1v) is 6.14. The number of carbonyl (C=O) groups is 1. The standard InChI is InChI=1S/C11H10Cl3NO/c1-6-5-8(11(12,13)14)7-3-2-4-9(16)10(7)15-6/h5H,2-4H2,1H3. The van der Waals surface area contributed by atoms with Crippen molar-refractivity contribution in [3.05, 3.63) is 28.6 Å². The average molecular weight is 279 g/mol. The maximum absolute atomic E-state index is 11.7. The Morgan fingerprint density at radius 2 is 2.00 bits per heavy atom. The lowest BCUT2D eigenvalue weighted by atomic mass is 9.91. The van der Waals surface area contributed by atoms with Crippen molar-refractivity contribution < 1.29 is 4.79 Å². The van der Waals surface area contributed by atoms with E-state index in [4.69, 9.17) is 34.8 Å². The third kappa shape index (κ3) is 2.20. The highest BCUT2D eigenvalue weighted by molar-refractivity contribution is 6.66. The molecule has 5 heteroatoms. The number of fused-ring (bicyclic) bond motifs is 1. The second kappa shape index (κ2) is 4.17. The van der Waals surface area contributed by atoms with Crippen LogP contribution in [0.25, 0.3) is 0 Å². The highest BCUT2D eigenvalue weighted by Gasteiger charge is 2.31. The zero-order valence-electron chi connectivity index (χ0n) is 8.69. The molecule has 0 saturated carbocycles. The van der Waals surface area contributed by atoms with Crippen LogP contribution in [0.2, 0.25) is 0 Å². The fourth-order valence-electron chi connectivity index (χ4n) is 1.98. The molecule has 1 aliphatic rings. The van der Waals surface area contributed by atoms with Gasteiger partial charge < -0.3 is 0 Å². The van der Waals surface area contributed by atoms with Gasteiger partial charge in [-0.25, -0.2) is 4.98 Å². The average Bonchev–Trinajstić information content (AvgIpc) is 2.17. The third-order valence-electron chi connectivity index (χ3n) is 2.65. The normalized spacial score (nSPS) is 16.1. The smallest absolute Gasteiger partial charge is 0.216 e. The van der Waals surface area contributed by atoms with Crippen molar-refractivity contribution in [3.63, 3.8) is 0 Å². The molecule has 0 N–H and O–H groups in total. The van der Waals surface area contributed by atoms with Crippen LogP contribution < -0.4 is 0 Å². The summed E-state index contributed by atoms with van der Waals surface area (Å²) in [5, 5.41) is 0. The molecule has 2 nitrogen and oxygen atoms in total. The third-order valence-corrected chi connectivity index (χ3v) is 3.26. The van der Waals surface area contributed by atoms with Gasteiger partial charge in [-0.3, -0.25) is 4.79 Å². The quantitative estimate of drug-likeness (QED) is 0.677. The van der Waals surface area contributed by atoms with Crippen molar-refractivity contribution in [2.75, 3.05) is 0 Å². The van der Waals surface area contributed by atoms with E-state index in [1.165, 1.54) is 0 Å². The van der Waals surface area contributed by atoms with Gasteiger partial charge in [0.2, 0.25) is 3.79 Å². The summed E-state index contributed by atoms with van der Waals surface area (Å²) in [6, 6.07) is 1.74. The molecule has 2 rings (SSSR count). The Hall–Kier alpha value is -0.310. The largest absolute Gasteiger partial charge is 0.292 e. The van der Waals surface area contributed by atoms with Gasteiger partial charge in [-0.1, -0.05) is 34.8 Å². The van der Waals surface area contributed by atoms with E-state index in [9.17, 15) is 4.79 Å². The summed E-state index contributed by atoms with van der Waals surface area (Å²) in [7, 11) is 0. The fraction of sp³-hybridized carbons (Fsp3) is 0.455. The van der Waals surface area contributed by atoms with Gasteiger partial charge in [0.1, 0.15) is 5.69 Å². The Morgan fingerprint density at radius 1 is 1.31 bits per heavy atom. The molecule has 0 spiro atoms. The molecule has 0 aliphatic heterocycles. The van der Waals surface area contributed by atoms with Crippen LogP contribution in [0.1, 0.15) is 40.2 Å². The number of halogens is 3. The molecule has 1 heterocycles. The zero-order chi connectivity index (χ0) is 11.9. The number of alkyl halides is 3. The first-order valence-electron chi connectivity index (χ1n) is 5.00. The number of pyridine rings is 1. The van der Waals surface area contributed by atoms with Gasteiger partial charge in [0, 0.05) is 17.7 Å². The van der Waals surface area contributed by atoms with Gasteiger partial charge in [-0.15, -0.1) is 0 Å². The number of nitrogens with zero attached hydrogens (tertiary/aromatic N) is 1. The van der Waals surface area contributed by atoms with Crippen molar-refractivity contribution in [2.45, 2.75) is 30.0 Å². The lowest BCUT2D eigenvalue weighted by molar-refractivity contribution is 0.0966. The highest BCUT2D eigenvalue weighted by Crippen LogP contribution is 2.42. The molecule has 0 fully saturated rings. The van der Waals surface area contributed by atoms with Gasteiger partial charge in [0.25, 0.3) is 0 Å². The number of hydrogen-bond donors (Lipinski definition) is 0. The van der Waals surface area contributed by atoms with Crippen LogP contribution in [0.3, 0.4) is 0 Å². The van der Waals surface area contributed by atoms with Gasteiger partial charge >= 0.3 is 0 Å². The molecule has 0 unspecified atom stereocenters. The van der Waals surface area contributed by atoms with Crippen LogP contribution in [-0.2, 0) is 10.2 Å². The molecule has 1 aliphatic carbocycles. The summed E-state index contributed by atoms with van der Waals surface area (Å²) in [5.74, 6) is 0.0421. The zero-order valence-corrected chi connectivity index (χ0v) is 11.0. The lowest BCUT2D eigenvalue weighted by Gasteiger charge is -2.22. The predicted molar refractivity (Wildman–Crippen MR) is 65.5 cm³/mol. The number of aromatic nitrogens is 1. The van der Waals surface area contributed by atoms with Gasteiger partial charge in [-0.2, -0.15) is 0 Å². The predicted octanol–water partition coefficient (Wildman–Crippen LogP) is 3.74. The molecule has 86 valence electrons. The van der Waals surface area contributed by atoms with Crippen molar-refractivity contribution in [3.8, 4) is 0 Å². The Balaban J connectivity index is 2.67. The maximum Gasteiger partial charge on any atom is 0.216 e. The highest BCUT2D eigenvalue weighted by atomic mass is 35.6. The number of hydrogen-bond acceptors (Lipinski definition) is 2. The molecular formula is C11H10Cl3NO. The number of rotatable bonds is 0. The second-order valence-electron chi connectivity index (χ2n) is 3.91. The molecule has 1 aromatic rings. The molecule has 0 amide bonds. The van der Waals surface area contributed by atoms with Crippen molar-refractivity contribution in [2.24, 2.45) is 0 Å². The lowest BCUT2D eigenvalue weighted by Crippen LogP contribution is -2.19. The summed E-state index contributed by atoms with van der Waals surface area (Å²) in [6.07, 6.45) is 2.07. The number of Topliss-reactive ketones (excluding diaryl/α,β-unsaturated/α-hetero) is 1. The van der Waals surface area contributed by atoms with Crippen molar-refractivity contribution >= 4 is 40.6 Å². The van der Waals surface area contributed by atoms with E-state index < -0.39 is 3.79 Å². The van der Waals surface area contributed by atoms with Crippen LogP contribution in [0, 0.1) is 6.92 Å². The summed E-state index contributed by atoms with van der Waals surface area (Å²) < 4.78 is -1.49. The minimum atomic E-state index is -1.49. The van der Waals surface area contributed by atoms with E-state index >= 15 is 0 Å². The monoisotopic (exact) mass is 277 g/mol. The van der Waals surface area contributed by atoms with Crippen LogP contribution in [-0.4, -0.2) is 10.8 Å². The van der Waals surface area contributed by atoms with E-state index in [1.54, 1.807) is 13.0 Å². The topological polar surface area (TPSA) is 30.0 Å². The molecule has 16 heavy (non-hydrogen) atoms. The molecule has 0 saturated heterocycles. The fourth-order valence-corrected chi connectivity index (χ4v) is 2.49. The molecule has 0 atom stereocenters. The second-order valence-corrected chi connectivity index (χ2v) is 6.19. The summed E-state index contributed by atoms with van der Waals surface area (Å²) in [5.41, 5.74) is 2.57. The minimum Gasteiger partial charge on any atom is -0.292 e. The molecule has 0 aromatic carbocycles. The SMILES string of the molecule is Cc1cc(C(Cl)(Cl)Cl)c2c(n1)C(=O)CCC2. The van der Waals surface area contributed by atoms with Crippen LogP contribution in [0.4, 0.5) is 0 Å². The van der Waals surface area contributed by atoms with E-state index in [-0.39, 0.29) is 5.78 Å². The summed E-state index contributed by atoms with van der Waals surface area (Å²) >= 11 is 17.7. The Kier molecular flexibility index (Phi) is 3.17. The summed E-state index contributed by atoms with van der Waals surface area (Å²) in [6.45, 7) is 1.79. The molecule has 1 aromatic heterocycles. The first kappa shape index (κ1) is 12.2. The van der Waals surface area contributed by atoms with E-state index in [0.29, 0.717) is 23.4 Å². The Labute approximate surface area is 109 Å². The molecular weight excluding hydrogens is 268 g/mol.